The summed E-state index contributed by atoms with van der Waals surface area (Å²) in [5, 5.41) is 12.5. The van der Waals surface area contributed by atoms with Crippen LogP contribution in [0.25, 0.3) is 0 Å². The first-order valence-electron chi connectivity index (χ1n) is 7.10. The molecule has 0 spiro atoms. The van der Waals surface area contributed by atoms with Gasteiger partial charge < -0.3 is 10.2 Å². The molecule has 0 aliphatic carbocycles. The summed E-state index contributed by atoms with van der Waals surface area (Å²) >= 11 is 0. The molecule has 0 saturated carbocycles. The summed E-state index contributed by atoms with van der Waals surface area (Å²) in [6.45, 7) is 4.50. The molecule has 1 N–H and O–H groups in total. The van der Waals surface area contributed by atoms with Gasteiger partial charge in [0.15, 0.2) is 0 Å². The second kappa shape index (κ2) is 7.41. The Bertz CT molecular complexity index is 616. The van der Waals surface area contributed by atoms with Crippen molar-refractivity contribution < 1.29 is 0 Å². The molecular weight excluding hydrogens is 260 g/mol. The largest absolute Gasteiger partial charge is 0.366 e. The number of hydrogen-bond acceptors (Lipinski definition) is 4. The van der Waals surface area contributed by atoms with Crippen LogP contribution >= 0.6 is 0 Å². The van der Waals surface area contributed by atoms with E-state index in [0.29, 0.717) is 0 Å². The monoisotopic (exact) mass is 280 g/mol. The molecule has 4 nitrogen and oxygen atoms in total. The molecule has 1 aromatic carbocycles. The summed E-state index contributed by atoms with van der Waals surface area (Å²) in [5.41, 5.74) is 4.02. The van der Waals surface area contributed by atoms with Gasteiger partial charge in [-0.25, -0.2) is 0 Å². The lowest BCUT2D eigenvalue weighted by Gasteiger charge is -2.24. The Morgan fingerprint density at radius 2 is 1.95 bits per heavy atom. The van der Waals surface area contributed by atoms with E-state index in [1.54, 1.807) is 12.4 Å². The molecule has 2 rings (SSSR count). The van der Waals surface area contributed by atoms with Crippen molar-refractivity contribution in [1.82, 2.24) is 10.3 Å². The maximum absolute atomic E-state index is 9.41. The number of anilines is 1. The number of nitrogens with zero attached hydrogens (tertiary/aromatic N) is 3. The first kappa shape index (κ1) is 15.0. The summed E-state index contributed by atoms with van der Waals surface area (Å²) in [5.74, 6) is 0. The summed E-state index contributed by atoms with van der Waals surface area (Å²) in [6, 6.07) is 12.4. The third-order valence-electron chi connectivity index (χ3n) is 3.41. The van der Waals surface area contributed by atoms with Crippen LogP contribution in [0.4, 0.5) is 5.69 Å². The van der Waals surface area contributed by atoms with Gasteiger partial charge in [0.25, 0.3) is 0 Å². The molecule has 0 atom stereocenters. The first-order chi connectivity index (χ1) is 10.3. The Labute approximate surface area is 126 Å². The van der Waals surface area contributed by atoms with Crippen LogP contribution in [0.2, 0.25) is 0 Å². The molecule has 0 aliphatic heterocycles. The van der Waals surface area contributed by atoms with Crippen LogP contribution in [-0.2, 0) is 13.1 Å². The maximum atomic E-state index is 9.41. The topological polar surface area (TPSA) is 52.0 Å². The first-order valence-corrected chi connectivity index (χ1v) is 7.10. The zero-order valence-corrected chi connectivity index (χ0v) is 12.5. The highest BCUT2D eigenvalue weighted by Crippen LogP contribution is 2.23. The van der Waals surface area contributed by atoms with E-state index in [2.05, 4.69) is 34.3 Å². The smallest absolute Gasteiger partial charge is 0.101 e. The van der Waals surface area contributed by atoms with Crippen molar-refractivity contribution in [3.05, 3.63) is 59.4 Å². The van der Waals surface area contributed by atoms with Crippen LogP contribution in [0.5, 0.6) is 0 Å². The Morgan fingerprint density at radius 3 is 2.57 bits per heavy atom. The van der Waals surface area contributed by atoms with Gasteiger partial charge in [0.2, 0.25) is 0 Å². The van der Waals surface area contributed by atoms with E-state index in [-0.39, 0.29) is 0 Å². The molecule has 4 heteroatoms. The predicted octanol–water partition coefficient (Wildman–Crippen LogP) is 2.70. The van der Waals surface area contributed by atoms with Gasteiger partial charge in [0.05, 0.1) is 11.3 Å². The van der Waals surface area contributed by atoms with Crippen molar-refractivity contribution in [3.63, 3.8) is 0 Å². The molecule has 0 radical (unpaired) electrons. The molecule has 0 bridgehead atoms. The molecular formula is C17H20N4. The lowest BCUT2D eigenvalue weighted by molar-refractivity contribution is 0.810. The number of aromatic nitrogens is 1. The highest BCUT2D eigenvalue weighted by Gasteiger charge is 2.11. The Hall–Kier alpha value is -2.38. The fraction of sp³-hybridized carbons (Fsp3) is 0.294. The maximum Gasteiger partial charge on any atom is 0.101 e. The van der Waals surface area contributed by atoms with Gasteiger partial charge in [-0.2, -0.15) is 5.26 Å². The van der Waals surface area contributed by atoms with Crippen LogP contribution in [-0.4, -0.2) is 18.6 Å². The van der Waals surface area contributed by atoms with Crippen molar-refractivity contribution in [3.8, 4) is 6.07 Å². The Morgan fingerprint density at radius 1 is 1.19 bits per heavy atom. The zero-order valence-electron chi connectivity index (χ0n) is 12.5. The second-order valence-electron chi connectivity index (χ2n) is 4.86. The molecule has 21 heavy (non-hydrogen) atoms. The average molecular weight is 280 g/mol. The highest BCUT2D eigenvalue weighted by atomic mass is 15.1. The Balaban J connectivity index is 2.27. The summed E-state index contributed by atoms with van der Waals surface area (Å²) in [7, 11) is 1.90. The Kier molecular flexibility index (Phi) is 5.30. The van der Waals surface area contributed by atoms with Gasteiger partial charge in [-0.3, -0.25) is 4.98 Å². The highest BCUT2D eigenvalue weighted by molar-refractivity contribution is 5.60. The molecule has 1 aromatic heterocycles. The predicted molar refractivity (Wildman–Crippen MR) is 84.9 cm³/mol. The number of hydrogen-bond donors (Lipinski definition) is 1. The van der Waals surface area contributed by atoms with Crippen molar-refractivity contribution >= 4 is 5.69 Å². The standard InChI is InChI=1S/C17H20N4/c1-3-21(13-14-6-8-20-9-7-14)17-5-4-15(12-19-2)10-16(17)11-18/h4-10,19H,3,12-13H2,1-2H3. The van der Waals surface area contributed by atoms with Crippen LogP contribution in [0.15, 0.2) is 42.7 Å². The molecule has 2 aromatic rings. The fourth-order valence-corrected chi connectivity index (χ4v) is 2.34. The molecule has 108 valence electrons. The van der Waals surface area contributed by atoms with Crippen LogP contribution < -0.4 is 10.2 Å². The average Bonchev–Trinajstić information content (AvgIpc) is 2.54. The van der Waals surface area contributed by atoms with E-state index in [4.69, 9.17) is 0 Å². The molecule has 1 heterocycles. The van der Waals surface area contributed by atoms with Crippen molar-refractivity contribution in [2.75, 3.05) is 18.5 Å². The minimum atomic E-state index is 0.721. The van der Waals surface area contributed by atoms with Crippen molar-refractivity contribution in [1.29, 1.82) is 5.26 Å². The molecule has 0 unspecified atom stereocenters. The van der Waals surface area contributed by atoms with E-state index in [1.165, 1.54) is 5.56 Å². The van der Waals surface area contributed by atoms with Gasteiger partial charge in [0.1, 0.15) is 6.07 Å². The van der Waals surface area contributed by atoms with Crippen LogP contribution in [0.3, 0.4) is 0 Å². The zero-order chi connectivity index (χ0) is 15.1. The summed E-state index contributed by atoms with van der Waals surface area (Å²) in [4.78, 5) is 6.24. The summed E-state index contributed by atoms with van der Waals surface area (Å²) in [6.07, 6.45) is 3.59. The molecule has 0 amide bonds. The number of nitrogens with one attached hydrogen (secondary N) is 1. The van der Waals surface area contributed by atoms with E-state index in [9.17, 15) is 5.26 Å². The summed E-state index contributed by atoms with van der Waals surface area (Å²) < 4.78 is 0. The molecule has 0 fully saturated rings. The van der Waals surface area contributed by atoms with E-state index in [0.717, 1.165) is 36.4 Å². The molecule has 0 aliphatic rings. The SMILES string of the molecule is CCN(Cc1ccncc1)c1ccc(CNC)cc1C#N. The third kappa shape index (κ3) is 3.80. The van der Waals surface area contributed by atoms with Crippen molar-refractivity contribution in [2.45, 2.75) is 20.0 Å². The van der Waals surface area contributed by atoms with Gasteiger partial charge in [-0.15, -0.1) is 0 Å². The van der Waals surface area contributed by atoms with Gasteiger partial charge in [0, 0.05) is 32.0 Å². The number of pyridine rings is 1. The molecule has 0 saturated heterocycles. The number of nitriles is 1. The quantitative estimate of drug-likeness (QED) is 0.884. The normalized spacial score (nSPS) is 10.1. The van der Waals surface area contributed by atoms with Gasteiger partial charge >= 0.3 is 0 Å². The third-order valence-corrected chi connectivity index (χ3v) is 3.41. The lowest BCUT2D eigenvalue weighted by Crippen LogP contribution is -2.23. The van der Waals surface area contributed by atoms with Gasteiger partial charge in [-0.05, 0) is 49.4 Å². The lowest BCUT2D eigenvalue weighted by atomic mass is 10.1. The number of rotatable bonds is 6. The van der Waals surface area contributed by atoms with Gasteiger partial charge in [-0.1, -0.05) is 6.07 Å². The minimum absolute atomic E-state index is 0.721. The fourth-order valence-electron chi connectivity index (χ4n) is 2.34. The second-order valence-corrected chi connectivity index (χ2v) is 4.86. The van der Waals surface area contributed by atoms with E-state index < -0.39 is 0 Å². The minimum Gasteiger partial charge on any atom is -0.366 e. The number of benzene rings is 1. The van der Waals surface area contributed by atoms with Crippen LogP contribution in [0, 0.1) is 11.3 Å². The van der Waals surface area contributed by atoms with Crippen molar-refractivity contribution in [2.24, 2.45) is 0 Å². The van der Waals surface area contributed by atoms with E-state index in [1.807, 2.05) is 31.3 Å². The van der Waals surface area contributed by atoms with Crippen LogP contribution in [0.1, 0.15) is 23.6 Å². The van der Waals surface area contributed by atoms with E-state index >= 15 is 0 Å².